The molecule has 8 heteroatoms. The molecule has 7 nitrogen and oxygen atoms in total. The molecule has 174 valence electrons. The Bertz CT molecular complexity index is 736. The van der Waals surface area contributed by atoms with Gasteiger partial charge in [-0.25, -0.2) is 4.99 Å². The first kappa shape index (κ1) is 25.7. The highest BCUT2D eigenvalue weighted by Gasteiger charge is 2.22. The minimum absolute atomic E-state index is 0. The number of amides is 1. The second kappa shape index (κ2) is 13.1. The standard InChI is InChI=1S/C23H36N4O3.HI/c1-4-12-29-20-9-8-19-17-27(11-10-18(19)14-20)23(25-16-22(28)26(2)3)24-15-21-7-5-6-13-30-21;/h8-9,14,21H,4-7,10-13,15-17H2,1-3H3,(H,24,25);1H. The van der Waals surface area contributed by atoms with E-state index >= 15 is 0 Å². The largest absolute Gasteiger partial charge is 0.494 e. The summed E-state index contributed by atoms with van der Waals surface area (Å²) in [4.78, 5) is 20.6. The average molecular weight is 544 g/mol. The summed E-state index contributed by atoms with van der Waals surface area (Å²) in [6.45, 7) is 6.20. The summed E-state index contributed by atoms with van der Waals surface area (Å²) in [5.41, 5.74) is 2.62. The van der Waals surface area contributed by atoms with E-state index in [9.17, 15) is 4.79 Å². The highest BCUT2D eigenvalue weighted by atomic mass is 127. The molecule has 1 aromatic rings. The number of fused-ring (bicyclic) bond motifs is 1. The maximum Gasteiger partial charge on any atom is 0.243 e. The number of halogens is 1. The van der Waals surface area contributed by atoms with Crippen LogP contribution >= 0.6 is 24.0 Å². The van der Waals surface area contributed by atoms with Crippen LogP contribution < -0.4 is 10.1 Å². The number of hydrogen-bond acceptors (Lipinski definition) is 4. The molecule has 0 radical (unpaired) electrons. The number of likely N-dealkylation sites (N-methyl/N-ethyl adjacent to an activating group) is 1. The summed E-state index contributed by atoms with van der Waals surface area (Å²) in [6.07, 6.45) is 5.57. The average Bonchev–Trinajstić information content (AvgIpc) is 2.77. The van der Waals surface area contributed by atoms with E-state index in [1.54, 1.807) is 19.0 Å². The molecule has 0 spiro atoms. The monoisotopic (exact) mass is 544 g/mol. The van der Waals surface area contributed by atoms with E-state index < -0.39 is 0 Å². The molecular formula is C23H37IN4O3. The van der Waals surface area contributed by atoms with Gasteiger partial charge in [0.2, 0.25) is 5.91 Å². The molecule has 1 atom stereocenters. The lowest BCUT2D eigenvalue weighted by atomic mass is 9.99. The Morgan fingerprint density at radius 1 is 1.32 bits per heavy atom. The van der Waals surface area contributed by atoms with Gasteiger partial charge < -0.3 is 24.6 Å². The minimum Gasteiger partial charge on any atom is -0.494 e. The van der Waals surface area contributed by atoms with Crippen LogP contribution in [0.3, 0.4) is 0 Å². The number of ether oxygens (including phenoxy) is 2. The second-order valence-electron chi connectivity index (χ2n) is 8.25. The lowest BCUT2D eigenvalue weighted by Gasteiger charge is -2.33. The molecule has 1 N–H and O–H groups in total. The van der Waals surface area contributed by atoms with Crippen LogP contribution in [0.15, 0.2) is 23.2 Å². The minimum atomic E-state index is -0.00154. The molecule has 2 heterocycles. The molecule has 2 aliphatic heterocycles. The number of aliphatic imine (C=N–C) groups is 1. The highest BCUT2D eigenvalue weighted by molar-refractivity contribution is 14.0. The Labute approximate surface area is 203 Å². The van der Waals surface area contributed by atoms with Crippen molar-refractivity contribution in [3.8, 4) is 5.75 Å². The number of rotatable bonds is 7. The van der Waals surface area contributed by atoms with Crippen LogP contribution in [0.4, 0.5) is 0 Å². The Morgan fingerprint density at radius 3 is 2.87 bits per heavy atom. The summed E-state index contributed by atoms with van der Waals surface area (Å²) in [5.74, 6) is 1.73. The van der Waals surface area contributed by atoms with Crippen molar-refractivity contribution in [2.75, 3.05) is 46.9 Å². The fraction of sp³-hybridized carbons (Fsp3) is 0.652. The second-order valence-corrected chi connectivity index (χ2v) is 8.25. The molecule has 1 unspecified atom stereocenters. The molecule has 2 aliphatic rings. The third kappa shape index (κ3) is 7.82. The third-order valence-corrected chi connectivity index (χ3v) is 5.59. The van der Waals surface area contributed by atoms with Crippen LogP contribution in [-0.4, -0.2) is 74.7 Å². The van der Waals surface area contributed by atoms with Crippen LogP contribution in [0, 0.1) is 0 Å². The van der Waals surface area contributed by atoms with E-state index in [-0.39, 0.29) is 42.5 Å². The number of nitrogens with one attached hydrogen (secondary N) is 1. The number of benzene rings is 1. The first-order valence-electron chi connectivity index (χ1n) is 11.2. The lowest BCUT2D eigenvalue weighted by molar-refractivity contribution is -0.127. The normalized spacial score (nSPS) is 18.6. The molecule has 0 aromatic heterocycles. The number of hydrogen-bond donors (Lipinski definition) is 1. The van der Waals surface area contributed by atoms with Crippen molar-refractivity contribution in [1.29, 1.82) is 0 Å². The Hall–Kier alpha value is -1.55. The summed E-state index contributed by atoms with van der Waals surface area (Å²) in [5, 5.41) is 3.48. The van der Waals surface area contributed by atoms with Gasteiger partial charge in [-0.05, 0) is 55.4 Å². The number of nitrogens with zero attached hydrogens (tertiary/aromatic N) is 3. The van der Waals surface area contributed by atoms with Gasteiger partial charge in [0.05, 0.1) is 12.7 Å². The van der Waals surface area contributed by atoms with Crippen molar-refractivity contribution < 1.29 is 14.3 Å². The molecule has 1 amide bonds. The molecule has 0 aliphatic carbocycles. The molecule has 3 rings (SSSR count). The van der Waals surface area contributed by atoms with Crippen LogP contribution in [0.25, 0.3) is 0 Å². The van der Waals surface area contributed by atoms with Crippen LogP contribution in [-0.2, 0) is 22.5 Å². The summed E-state index contributed by atoms with van der Waals surface area (Å²) in [6, 6.07) is 6.37. The predicted molar refractivity (Wildman–Crippen MR) is 134 cm³/mol. The summed E-state index contributed by atoms with van der Waals surface area (Å²) >= 11 is 0. The molecule has 1 saturated heterocycles. The molecular weight excluding hydrogens is 507 g/mol. The van der Waals surface area contributed by atoms with E-state index in [0.29, 0.717) is 0 Å². The van der Waals surface area contributed by atoms with Gasteiger partial charge in [-0.1, -0.05) is 13.0 Å². The zero-order chi connectivity index (χ0) is 21.3. The van der Waals surface area contributed by atoms with Crippen LogP contribution in [0.1, 0.15) is 43.7 Å². The molecule has 0 bridgehead atoms. The van der Waals surface area contributed by atoms with Gasteiger partial charge >= 0.3 is 0 Å². The van der Waals surface area contributed by atoms with Crippen molar-refractivity contribution in [2.45, 2.75) is 51.7 Å². The van der Waals surface area contributed by atoms with Gasteiger partial charge in [0, 0.05) is 40.3 Å². The van der Waals surface area contributed by atoms with Crippen molar-refractivity contribution in [1.82, 2.24) is 15.1 Å². The summed E-state index contributed by atoms with van der Waals surface area (Å²) in [7, 11) is 3.52. The van der Waals surface area contributed by atoms with Gasteiger partial charge in [-0.15, -0.1) is 24.0 Å². The van der Waals surface area contributed by atoms with Crippen molar-refractivity contribution in [3.63, 3.8) is 0 Å². The van der Waals surface area contributed by atoms with Gasteiger partial charge in [-0.3, -0.25) is 4.79 Å². The zero-order valence-corrected chi connectivity index (χ0v) is 21.4. The number of carbonyl (C=O) groups is 1. The van der Waals surface area contributed by atoms with E-state index in [1.807, 2.05) is 6.07 Å². The first-order chi connectivity index (χ1) is 14.6. The molecule has 1 aromatic carbocycles. The van der Waals surface area contributed by atoms with Gasteiger partial charge in [0.1, 0.15) is 12.3 Å². The zero-order valence-electron chi connectivity index (χ0n) is 19.1. The highest BCUT2D eigenvalue weighted by Crippen LogP contribution is 2.24. The number of carbonyl (C=O) groups excluding carboxylic acids is 1. The number of guanidine groups is 1. The SMILES string of the molecule is CCCOc1ccc2c(c1)CCN(C(=NCC(=O)N(C)C)NCC1CCCCO1)C2.I. The summed E-state index contributed by atoms with van der Waals surface area (Å²) < 4.78 is 11.6. The Kier molecular flexibility index (Phi) is 10.9. The van der Waals surface area contributed by atoms with Gasteiger partial charge in [0.25, 0.3) is 0 Å². The fourth-order valence-corrected chi connectivity index (χ4v) is 3.74. The van der Waals surface area contributed by atoms with E-state index in [0.717, 1.165) is 70.2 Å². The van der Waals surface area contributed by atoms with E-state index in [2.05, 4.69) is 34.3 Å². The third-order valence-electron chi connectivity index (χ3n) is 5.59. The maximum atomic E-state index is 12.1. The molecule has 1 fully saturated rings. The predicted octanol–water partition coefficient (Wildman–Crippen LogP) is 3.05. The molecule has 31 heavy (non-hydrogen) atoms. The van der Waals surface area contributed by atoms with Crippen LogP contribution in [0.5, 0.6) is 5.75 Å². The van der Waals surface area contributed by atoms with E-state index in [4.69, 9.17) is 9.47 Å². The van der Waals surface area contributed by atoms with Gasteiger partial charge in [0.15, 0.2) is 5.96 Å². The topological polar surface area (TPSA) is 66.4 Å². The van der Waals surface area contributed by atoms with Crippen molar-refractivity contribution in [3.05, 3.63) is 29.3 Å². The fourth-order valence-electron chi connectivity index (χ4n) is 3.74. The lowest BCUT2D eigenvalue weighted by Crippen LogP contribution is -2.47. The maximum absolute atomic E-state index is 12.1. The van der Waals surface area contributed by atoms with Crippen LogP contribution in [0.2, 0.25) is 0 Å². The molecule has 0 saturated carbocycles. The Balaban J connectivity index is 0.00000341. The quantitative estimate of drug-likeness (QED) is 0.325. The van der Waals surface area contributed by atoms with Crippen molar-refractivity contribution in [2.24, 2.45) is 4.99 Å². The van der Waals surface area contributed by atoms with E-state index in [1.165, 1.54) is 17.5 Å². The van der Waals surface area contributed by atoms with Crippen molar-refractivity contribution >= 4 is 35.8 Å². The van der Waals surface area contributed by atoms with Gasteiger partial charge in [-0.2, -0.15) is 0 Å². The first-order valence-corrected chi connectivity index (χ1v) is 11.2. The smallest absolute Gasteiger partial charge is 0.243 e. The Morgan fingerprint density at radius 2 is 2.16 bits per heavy atom.